The first-order valence-electron chi connectivity index (χ1n) is 9.14. The fraction of sp³-hybridized carbons (Fsp3) is 0.450. The van der Waals surface area contributed by atoms with Gasteiger partial charge in [-0.05, 0) is 25.3 Å². The topological polar surface area (TPSA) is 73.2 Å². The highest BCUT2D eigenvalue weighted by atomic mass is 35.5. The molecule has 1 aromatic carbocycles. The molecular weight excluding hydrogens is 366 g/mol. The van der Waals surface area contributed by atoms with Crippen molar-refractivity contribution in [3.8, 4) is 0 Å². The number of aromatic nitrogens is 2. The van der Waals surface area contributed by atoms with E-state index in [1.807, 2.05) is 30.3 Å². The van der Waals surface area contributed by atoms with E-state index in [1.54, 1.807) is 11.6 Å². The number of unbranched alkanes of at least 4 members (excludes halogenated alkanes) is 3. The molecule has 0 radical (unpaired) electrons. The number of amides is 1. The lowest BCUT2D eigenvalue weighted by atomic mass is 10.1. The third-order valence-electron chi connectivity index (χ3n) is 4.29. The summed E-state index contributed by atoms with van der Waals surface area (Å²) in [7, 11) is 1.40. The molecule has 1 heterocycles. The van der Waals surface area contributed by atoms with Gasteiger partial charge in [0, 0.05) is 13.0 Å². The van der Waals surface area contributed by atoms with E-state index in [-0.39, 0.29) is 11.9 Å². The van der Waals surface area contributed by atoms with E-state index in [4.69, 9.17) is 11.6 Å². The highest BCUT2D eigenvalue weighted by Crippen LogP contribution is 2.21. The summed E-state index contributed by atoms with van der Waals surface area (Å²) in [4.78, 5) is 23.5. The molecule has 0 saturated heterocycles. The number of aryl methyl sites for hydroxylation is 1. The molecule has 0 unspecified atom stereocenters. The van der Waals surface area contributed by atoms with Crippen molar-refractivity contribution in [1.29, 1.82) is 0 Å². The summed E-state index contributed by atoms with van der Waals surface area (Å²) >= 11 is 6.39. The zero-order valence-corrected chi connectivity index (χ0v) is 16.6. The molecule has 0 aliphatic carbocycles. The van der Waals surface area contributed by atoms with Gasteiger partial charge in [-0.2, -0.15) is 5.10 Å². The van der Waals surface area contributed by atoms with Gasteiger partial charge in [-0.25, -0.2) is 4.68 Å². The first-order valence-corrected chi connectivity index (χ1v) is 9.52. The van der Waals surface area contributed by atoms with Gasteiger partial charge >= 0.3 is 5.97 Å². The Balaban J connectivity index is 1.80. The second-order valence-electron chi connectivity index (χ2n) is 6.39. The summed E-state index contributed by atoms with van der Waals surface area (Å²) in [6.07, 6.45) is 3.97. The Morgan fingerprint density at radius 2 is 1.85 bits per heavy atom. The van der Waals surface area contributed by atoms with Gasteiger partial charge in [-0.15, -0.1) is 0 Å². The van der Waals surface area contributed by atoms with Crippen molar-refractivity contribution in [3.63, 3.8) is 0 Å². The SMILES string of the molecule is COC(=O)CCCCCCNC(=O)c1c(C)nn(Cc2ccccc2)c1Cl. The highest BCUT2D eigenvalue weighted by molar-refractivity contribution is 6.33. The molecule has 0 saturated carbocycles. The van der Waals surface area contributed by atoms with E-state index in [2.05, 4.69) is 15.2 Å². The number of carbonyl (C=O) groups is 2. The van der Waals surface area contributed by atoms with Crippen LogP contribution in [-0.4, -0.2) is 35.3 Å². The summed E-state index contributed by atoms with van der Waals surface area (Å²) in [5.74, 6) is -0.382. The molecule has 0 atom stereocenters. The van der Waals surface area contributed by atoms with E-state index < -0.39 is 0 Å². The molecule has 2 rings (SSSR count). The third kappa shape index (κ3) is 6.40. The fourth-order valence-corrected chi connectivity index (χ4v) is 3.13. The van der Waals surface area contributed by atoms with Crippen LogP contribution in [0.4, 0.5) is 0 Å². The van der Waals surface area contributed by atoms with E-state index in [0.29, 0.717) is 35.9 Å². The molecule has 1 N–H and O–H groups in total. The Kier molecular flexibility index (Phi) is 8.33. The van der Waals surface area contributed by atoms with Crippen molar-refractivity contribution in [3.05, 3.63) is 52.3 Å². The lowest BCUT2D eigenvalue weighted by molar-refractivity contribution is -0.140. The number of rotatable bonds is 10. The highest BCUT2D eigenvalue weighted by Gasteiger charge is 2.20. The van der Waals surface area contributed by atoms with Crippen molar-refractivity contribution in [2.24, 2.45) is 0 Å². The van der Waals surface area contributed by atoms with Gasteiger partial charge in [0.2, 0.25) is 0 Å². The molecule has 0 aliphatic rings. The second-order valence-corrected chi connectivity index (χ2v) is 6.75. The monoisotopic (exact) mass is 391 g/mol. The predicted octanol–water partition coefficient (Wildman–Crippen LogP) is 3.75. The number of methoxy groups -OCH3 is 1. The average Bonchev–Trinajstić information content (AvgIpc) is 2.94. The van der Waals surface area contributed by atoms with Crippen LogP contribution in [0.5, 0.6) is 0 Å². The number of esters is 1. The summed E-state index contributed by atoms with van der Waals surface area (Å²) in [6, 6.07) is 9.85. The van der Waals surface area contributed by atoms with Crippen molar-refractivity contribution in [2.75, 3.05) is 13.7 Å². The molecule has 1 aromatic heterocycles. The molecule has 7 heteroatoms. The van der Waals surface area contributed by atoms with Crippen LogP contribution in [0.1, 0.15) is 53.7 Å². The van der Waals surface area contributed by atoms with Crippen molar-refractivity contribution >= 4 is 23.5 Å². The molecule has 0 aliphatic heterocycles. The normalized spacial score (nSPS) is 10.6. The van der Waals surface area contributed by atoms with Gasteiger partial charge in [0.1, 0.15) is 5.15 Å². The number of nitrogens with one attached hydrogen (secondary N) is 1. The van der Waals surface area contributed by atoms with Crippen LogP contribution in [-0.2, 0) is 16.1 Å². The van der Waals surface area contributed by atoms with Crippen LogP contribution in [0.3, 0.4) is 0 Å². The Morgan fingerprint density at radius 3 is 2.56 bits per heavy atom. The molecule has 1 amide bonds. The van der Waals surface area contributed by atoms with Gasteiger partial charge in [0.05, 0.1) is 24.9 Å². The van der Waals surface area contributed by atoms with Gasteiger partial charge in [0.15, 0.2) is 0 Å². The molecule has 27 heavy (non-hydrogen) atoms. The van der Waals surface area contributed by atoms with Crippen molar-refractivity contribution < 1.29 is 14.3 Å². The first kappa shape index (κ1) is 21.0. The third-order valence-corrected chi connectivity index (χ3v) is 4.67. The minimum atomic E-state index is -0.202. The number of hydrogen-bond acceptors (Lipinski definition) is 4. The second kappa shape index (κ2) is 10.7. The molecule has 0 spiro atoms. The predicted molar refractivity (Wildman–Crippen MR) is 105 cm³/mol. The minimum absolute atomic E-state index is 0.180. The van der Waals surface area contributed by atoms with Crippen LogP contribution < -0.4 is 5.32 Å². The van der Waals surface area contributed by atoms with E-state index in [9.17, 15) is 9.59 Å². The molecule has 6 nitrogen and oxygen atoms in total. The average molecular weight is 392 g/mol. The maximum Gasteiger partial charge on any atom is 0.305 e. The Morgan fingerprint density at radius 1 is 1.15 bits per heavy atom. The van der Waals surface area contributed by atoms with Crippen LogP contribution in [0.25, 0.3) is 0 Å². The Hall–Kier alpha value is -2.34. The quantitative estimate of drug-likeness (QED) is 0.494. The molecule has 0 fully saturated rings. The first-order chi connectivity index (χ1) is 13.0. The number of ether oxygens (including phenoxy) is 1. The number of benzene rings is 1. The number of nitrogens with zero attached hydrogens (tertiary/aromatic N) is 2. The van der Waals surface area contributed by atoms with E-state index in [1.165, 1.54) is 7.11 Å². The van der Waals surface area contributed by atoms with Crippen molar-refractivity contribution in [2.45, 2.75) is 45.6 Å². The number of carbonyl (C=O) groups excluding carboxylic acids is 2. The van der Waals surface area contributed by atoms with Crippen LogP contribution in [0.2, 0.25) is 5.15 Å². The number of halogens is 1. The zero-order chi connectivity index (χ0) is 19.6. The van der Waals surface area contributed by atoms with Crippen LogP contribution >= 0.6 is 11.6 Å². The molecular formula is C20H26ClN3O3. The van der Waals surface area contributed by atoms with Gasteiger partial charge in [-0.3, -0.25) is 9.59 Å². The standard InChI is InChI=1S/C20H26ClN3O3/c1-15-18(19(21)24(23-15)14-16-10-6-5-7-11-16)20(26)22-13-9-4-3-8-12-17(25)27-2/h5-7,10-11H,3-4,8-9,12-14H2,1-2H3,(H,22,26). The zero-order valence-electron chi connectivity index (χ0n) is 15.8. The number of hydrogen-bond donors (Lipinski definition) is 1. The van der Waals surface area contributed by atoms with Gasteiger partial charge in [-0.1, -0.05) is 54.8 Å². The summed E-state index contributed by atoms with van der Waals surface area (Å²) < 4.78 is 6.25. The maximum absolute atomic E-state index is 12.5. The fourth-order valence-electron chi connectivity index (χ4n) is 2.81. The van der Waals surface area contributed by atoms with E-state index in [0.717, 1.165) is 31.2 Å². The lowest BCUT2D eigenvalue weighted by Crippen LogP contribution is -2.25. The van der Waals surface area contributed by atoms with E-state index >= 15 is 0 Å². The summed E-state index contributed by atoms with van der Waals surface area (Å²) in [5.41, 5.74) is 2.12. The molecule has 0 bridgehead atoms. The minimum Gasteiger partial charge on any atom is -0.469 e. The smallest absolute Gasteiger partial charge is 0.305 e. The Bertz CT molecular complexity index is 759. The van der Waals surface area contributed by atoms with Crippen molar-refractivity contribution in [1.82, 2.24) is 15.1 Å². The summed E-state index contributed by atoms with van der Waals surface area (Å²) in [6.45, 7) is 2.87. The summed E-state index contributed by atoms with van der Waals surface area (Å²) in [5, 5.41) is 7.65. The van der Waals surface area contributed by atoms with Gasteiger partial charge < -0.3 is 10.1 Å². The van der Waals surface area contributed by atoms with Gasteiger partial charge in [0.25, 0.3) is 5.91 Å². The van der Waals surface area contributed by atoms with Crippen LogP contribution in [0, 0.1) is 6.92 Å². The largest absolute Gasteiger partial charge is 0.469 e. The maximum atomic E-state index is 12.5. The van der Waals surface area contributed by atoms with Crippen LogP contribution in [0.15, 0.2) is 30.3 Å². The Labute approximate surface area is 164 Å². The molecule has 146 valence electrons. The lowest BCUT2D eigenvalue weighted by Gasteiger charge is -2.06. The molecule has 2 aromatic rings.